The molecule has 0 aliphatic heterocycles. The number of esters is 1. The molecular formula is C10H15N3O3. The molecule has 0 spiro atoms. The van der Waals surface area contributed by atoms with Gasteiger partial charge in [0.25, 0.3) is 0 Å². The van der Waals surface area contributed by atoms with Crippen molar-refractivity contribution in [2.45, 2.75) is 6.42 Å². The van der Waals surface area contributed by atoms with E-state index in [-0.39, 0.29) is 5.97 Å². The Morgan fingerprint density at radius 3 is 2.81 bits per heavy atom. The quantitative estimate of drug-likeness (QED) is 0.679. The Bertz CT molecular complexity index is 357. The highest BCUT2D eigenvalue weighted by molar-refractivity contribution is 5.69. The maximum absolute atomic E-state index is 11.0. The second-order valence-electron chi connectivity index (χ2n) is 3.17. The molecule has 0 fully saturated rings. The van der Waals surface area contributed by atoms with Crippen molar-refractivity contribution in [1.29, 1.82) is 0 Å². The van der Waals surface area contributed by atoms with E-state index in [4.69, 9.17) is 4.74 Å². The summed E-state index contributed by atoms with van der Waals surface area (Å²) in [6.45, 7) is 0.535. The number of carbonyl (C=O) groups is 1. The zero-order valence-corrected chi connectivity index (χ0v) is 9.64. The Labute approximate surface area is 94.2 Å². The Morgan fingerprint density at radius 2 is 2.19 bits per heavy atom. The number of anilines is 1. The Kier molecular flexibility index (Phi) is 4.50. The van der Waals surface area contributed by atoms with E-state index in [9.17, 15) is 4.79 Å². The molecule has 0 aliphatic rings. The number of methoxy groups -OCH3 is 2. The van der Waals surface area contributed by atoms with Crippen LogP contribution in [0.15, 0.2) is 12.4 Å². The van der Waals surface area contributed by atoms with Crippen LogP contribution in [0.5, 0.6) is 5.88 Å². The molecule has 6 nitrogen and oxygen atoms in total. The molecule has 0 aromatic carbocycles. The number of hydrogen-bond acceptors (Lipinski definition) is 6. The van der Waals surface area contributed by atoms with Gasteiger partial charge in [-0.05, 0) is 0 Å². The van der Waals surface area contributed by atoms with Crippen molar-refractivity contribution < 1.29 is 14.3 Å². The van der Waals surface area contributed by atoms with Crippen LogP contribution in [-0.4, -0.2) is 43.7 Å². The van der Waals surface area contributed by atoms with Gasteiger partial charge in [-0.3, -0.25) is 4.79 Å². The molecule has 0 unspecified atom stereocenters. The first-order valence-corrected chi connectivity index (χ1v) is 4.81. The summed E-state index contributed by atoms with van der Waals surface area (Å²) in [6, 6.07) is 1.71. The van der Waals surface area contributed by atoms with Crippen molar-refractivity contribution in [3.63, 3.8) is 0 Å². The Balaban J connectivity index is 2.58. The lowest BCUT2D eigenvalue weighted by atomic mass is 10.4. The minimum atomic E-state index is -0.243. The van der Waals surface area contributed by atoms with Gasteiger partial charge < -0.3 is 14.4 Å². The molecule has 1 aromatic heterocycles. The van der Waals surface area contributed by atoms with E-state index in [1.165, 1.54) is 13.4 Å². The lowest BCUT2D eigenvalue weighted by molar-refractivity contribution is -0.140. The van der Waals surface area contributed by atoms with Gasteiger partial charge in [-0.15, -0.1) is 0 Å². The molecule has 6 heteroatoms. The Hall–Kier alpha value is -1.85. The number of nitrogens with zero attached hydrogens (tertiary/aromatic N) is 3. The van der Waals surface area contributed by atoms with E-state index in [2.05, 4.69) is 14.7 Å². The number of rotatable bonds is 5. The first-order chi connectivity index (χ1) is 7.67. The maximum Gasteiger partial charge on any atom is 0.307 e. The molecule has 1 rings (SSSR count). The normalized spacial score (nSPS) is 9.69. The van der Waals surface area contributed by atoms with Gasteiger partial charge in [0.2, 0.25) is 5.88 Å². The highest BCUT2D eigenvalue weighted by Gasteiger charge is 2.07. The third kappa shape index (κ3) is 3.38. The number of aromatic nitrogens is 2. The molecule has 88 valence electrons. The van der Waals surface area contributed by atoms with Crippen molar-refractivity contribution >= 4 is 11.8 Å². The van der Waals surface area contributed by atoms with Crippen molar-refractivity contribution in [3.05, 3.63) is 12.4 Å². The first kappa shape index (κ1) is 12.2. The number of hydrogen-bond donors (Lipinski definition) is 0. The highest BCUT2D eigenvalue weighted by atomic mass is 16.5. The summed E-state index contributed by atoms with van der Waals surface area (Å²) in [5.41, 5.74) is 0. The van der Waals surface area contributed by atoms with Gasteiger partial charge in [0.1, 0.15) is 12.1 Å². The average molecular weight is 225 g/mol. The molecule has 16 heavy (non-hydrogen) atoms. The summed E-state index contributed by atoms with van der Waals surface area (Å²) in [4.78, 5) is 20.8. The van der Waals surface area contributed by atoms with Crippen LogP contribution in [0.25, 0.3) is 0 Å². The number of ether oxygens (including phenoxy) is 2. The van der Waals surface area contributed by atoms with Gasteiger partial charge in [0.05, 0.1) is 20.6 Å². The fraction of sp³-hybridized carbons (Fsp3) is 0.500. The summed E-state index contributed by atoms with van der Waals surface area (Å²) >= 11 is 0. The van der Waals surface area contributed by atoms with Crippen LogP contribution < -0.4 is 9.64 Å². The molecule has 0 amide bonds. The molecule has 0 bridgehead atoms. The molecule has 1 aromatic rings. The first-order valence-electron chi connectivity index (χ1n) is 4.81. The largest absolute Gasteiger partial charge is 0.481 e. The molecule has 0 saturated heterocycles. The number of carbonyl (C=O) groups excluding carboxylic acids is 1. The molecule has 0 N–H and O–H groups in total. The highest BCUT2D eigenvalue weighted by Crippen LogP contribution is 2.13. The van der Waals surface area contributed by atoms with Crippen LogP contribution in [0.3, 0.4) is 0 Å². The van der Waals surface area contributed by atoms with Crippen LogP contribution in [0.4, 0.5) is 5.82 Å². The van der Waals surface area contributed by atoms with Gasteiger partial charge in [-0.2, -0.15) is 0 Å². The van der Waals surface area contributed by atoms with Crippen LogP contribution in [0.2, 0.25) is 0 Å². The van der Waals surface area contributed by atoms with Gasteiger partial charge in [-0.1, -0.05) is 0 Å². The summed E-state index contributed by atoms with van der Waals surface area (Å²) in [5.74, 6) is 0.957. The van der Waals surface area contributed by atoms with E-state index < -0.39 is 0 Å². The standard InChI is InChI=1S/C10H15N3O3/c1-13(5-4-10(14)16-3)8-6-9(15-2)12-7-11-8/h6-7H,4-5H2,1-3H3. The minimum Gasteiger partial charge on any atom is -0.481 e. The summed E-state index contributed by atoms with van der Waals surface area (Å²) in [5, 5.41) is 0. The average Bonchev–Trinajstić information content (AvgIpc) is 2.35. The molecule has 0 saturated carbocycles. The van der Waals surface area contributed by atoms with Crippen molar-refractivity contribution in [1.82, 2.24) is 9.97 Å². The molecule has 0 aliphatic carbocycles. The van der Waals surface area contributed by atoms with E-state index >= 15 is 0 Å². The van der Waals surface area contributed by atoms with Crippen LogP contribution in [0.1, 0.15) is 6.42 Å². The van der Waals surface area contributed by atoms with E-state index in [0.717, 1.165) is 0 Å². The van der Waals surface area contributed by atoms with Crippen LogP contribution in [-0.2, 0) is 9.53 Å². The zero-order valence-electron chi connectivity index (χ0n) is 9.64. The van der Waals surface area contributed by atoms with E-state index in [1.54, 1.807) is 13.2 Å². The lowest BCUT2D eigenvalue weighted by Crippen LogP contribution is -2.22. The predicted molar refractivity (Wildman–Crippen MR) is 58.5 cm³/mol. The second kappa shape index (κ2) is 5.89. The van der Waals surface area contributed by atoms with Crippen LogP contribution >= 0.6 is 0 Å². The molecule has 0 radical (unpaired) electrons. The summed E-state index contributed by atoms with van der Waals surface area (Å²) in [6.07, 6.45) is 1.74. The van der Waals surface area contributed by atoms with Gasteiger partial charge >= 0.3 is 5.97 Å². The lowest BCUT2D eigenvalue weighted by Gasteiger charge is -2.17. The summed E-state index contributed by atoms with van der Waals surface area (Å²) in [7, 11) is 4.75. The maximum atomic E-state index is 11.0. The monoisotopic (exact) mass is 225 g/mol. The van der Waals surface area contributed by atoms with Gasteiger partial charge in [0.15, 0.2) is 0 Å². The zero-order chi connectivity index (χ0) is 12.0. The molecule has 1 heterocycles. The van der Waals surface area contributed by atoms with Crippen molar-refractivity contribution in [3.8, 4) is 5.88 Å². The fourth-order valence-electron chi connectivity index (χ4n) is 1.13. The molecule has 0 atom stereocenters. The summed E-state index contributed by atoms with van der Waals surface area (Å²) < 4.78 is 9.54. The van der Waals surface area contributed by atoms with E-state index in [0.29, 0.717) is 24.7 Å². The SMILES string of the molecule is COC(=O)CCN(C)c1cc(OC)ncn1. The minimum absolute atomic E-state index is 0.243. The topological polar surface area (TPSA) is 64.5 Å². The fourth-order valence-corrected chi connectivity index (χ4v) is 1.13. The smallest absolute Gasteiger partial charge is 0.307 e. The van der Waals surface area contributed by atoms with Crippen molar-refractivity contribution in [2.75, 3.05) is 32.7 Å². The van der Waals surface area contributed by atoms with Gasteiger partial charge in [-0.25, -0.2) is 9.97 Å². The van der Waals surface area contributed by atoms with E-state index in [1.807, 2.05) is 11.9 Å². The molecular weight excluding hydrogens is 210 g/mol. The van der Waals surface area contributed by atoms with Crippen LogP contribution in [0, 0.1) is 0 Å². The third-order valence-electron chi connectivity index (χ3n) is 2.11. The second-order valence-corrected chi connectivity index (χ2v) is 3.17. The van der Waals surface area contributed by atoms with Crippen molar-refractivity contribution in [2.24, 2.45) is 0 Å². The third-order valence-corrected chi connectivity index (χ3v) is 2.11. The van der Waals surface area contributed by atoms with Gasteiger partial charge in [0, 0.05) is 19.7 Å². The Morgan fingerprint density at radius 1 is 1.44 bits per heavy atom. The predicted octanol–water partition coefficient (Wildman–Crippen LogP) is 0.484.